The molecule has 11 heteroatoms. The molecule has 4 aliphatic rings. The number of cyclic esters (lactones) is 1. The van der Waals surface area contributed by atoms with Crippen LogP contribution in [0.5, 0.6) is 0 Å². The van der Waals surface area contributed by atoms with Crippen molar-refractivity contribution in [2.45, 2.75) is 48.0 Å². The second-order valence-corrected chi connectivity index (χ2v) is 13.6. The van der Waals surface area contributed by atoms with Gasteiger partial charge in [0.15, 0.2) is 0 Å². The van der Waals surface area contributed by atoms with E-state index in [1.807, 2.05) is 85.8 Å². The predicted octanol–water partition coefficient (Wildman–Crippen LogP) is 2.58. The third kappa shape index (κ3) is 4.39. The van der Waals surface area contributed by atoms with E-state index in [9.17, 15) is 19.5 Å². The number of likely N-dealkylation sites (tertiary alicyclic amines) is 1. The van der Waals surface area contributed by atoms with Crippen LogP contribution in [0.4, 0.5) is 0 Å². The van der Waals surface area contributed by atoms with Crippen LogP contribution in [-0.4, -0.2) is 89.0 Å². The highest BCUT2D eigenvalue weighted by Crippen LogP contribution is 2.65. The molecule has 5 heterocycles. The first kappa shape index (κ1) is 27.8. The lowest BCUT2D eigenvalue weighted by Gasteiger charge is -2.40. The second kappa shape index (κ2) is 10.6. The zero-order chi connectivity index (χ0) is 29.8. The standard InChI is InChI=1S/C32H33N5O5S/c1-31-14-7-8-17-42-30(41)26(31)25-28(39)37(22(19-38)18-21-10-3-2-4-11-21)27-29(40)35(16-9-15-32(25,27)43-31)20-36-24-13-6-5-12-23(24)33-34-36/h2-7,9-15,22,25-27,38H,8,16-20H2,1H3/t22-,25+,26-,27?,31+,32+/m1/s1. The summed E-state index contributed by atoms with van der Waals surface area (Å²) < 4.78 is 5.54. The number of aromatic nitrogens is 3. The van der Waals surface area contributed by atoms with Crippen molar-refractivity contribution in [3.8, 4) is 0 Å². The summed E-state index contributed by atoms with van der Waals surface area (Å²) >= 11 is 1.50. The molecule has 3 aromatic rings. The van der Waals surface area contributed by atoms with Crippen molar-refractivity contribution in [1.29, 1.82) is 0 Å². The first-order valence-electron chi connectivity index (χ1n) is 14.6. The van der Waals surface area contributed by atoms with Crippen LogP contribution >= 0.6 is 11.8 Å². The molecule has 6 atom stereocenters. The van der Waals surface area contributed by atoms with Crippen molar-refractivity contribution >= 4 is 40.6 Å². The highest BCUT2D eigenvalue weighted by Gasteiger charge is 2.74. The number of rotatable bonds is 6. The smallest absolute Gasteiger partial charge is 0.311 e. The van der Waals surface area contributed by atoms with E-state index in [0.29, 0.717) is 19.4 Å². The number of amides is 2. The number of fused-ring (bicyclic) bond motifs is 3. The highest BCUT2D eigenvalue weighted by atomic mass is 32.2. The molecule has 1 N–H and O–H groups in total. The summed E-state index contributed by atoms with van der Waals surface area (Å²) in [6.45, 7) is 2.31. The number of hydrogen-bond donors (Lipinski definition) is 1. The molecule has 10 nitrogen and oxygen atoms in total. The molecular formula is C32H33N5O5S. The minimum Gasteiger partial charge on any atom is -0.465 e. The zero-order valence-corrected chi connectivity index (χ0v) is 24.6. The summed E-state index contributed by atoms with van der Waals surface area (Å²) in [5, 5.41) is 19.3. The first-order valence-corrected chi connectivity index (χ1v) is 15.4. The van der Waals surface area contributed by atoms with E-state index in [2.05, 4.69) is 10.3 Å². The second-order valence-electron chi connectivity index (χ2n) is 11.8. The van der Waals surface area contributed by atoms with E-state index < -0.39 is 39.4 Å². The number of benzene rings is 2. The van der Waals surface area contributed by atoms with Crippen molar-refractivity contribution in [3.05, 3.63) is 84.5 Å². The molecule has 2 amide bonds. The van der Waals surface area contributed by atoms with Crippen molar-refractivity contribution in [2.75, 3.05) is 19.8 Å². The summed E-state index contributed by atoms with van der Waals surface area (Å²) in [5.74, 6) is -2.60. The fourth-order valence-electron chi connectivity index (χ4n) is 7.32. The minimum atomic E-state index is -1.04. The van der Waals surface area contributed by atoms with Crippen LogP contribution in [-0.2, 0) is 32.2 Å². The number of ether oxygens (including phenoxy) is 1. The van der Waals surface area contributed by atoms with Crippen molar-refractivity contribution in [2.24, 2.45) is 11.8 Å². The Morgan fingerprint density at radius 3 is 2.63 bits per heavy atom. The maximum absolute atomic E-state index is 14.8. The van der Waals surface area contributed by atoms with Crippen molar-refractivity contribution in [3.63, 3.8) is 0 Å². The van der Waals surface area contributed by atoms with Gasteiger partial charge in [0, 0.05) is 11.3 Å². The summed E-state index contributed by atoms with van der Waals surface area (Å²) in [6, 6.07) is 15.6. The van der Waals surface area contributed by atoms with Gasteiger partial charge in [-0.15, -0.1) is 16.9 Å². The van der Waals surface area contributed by atoms with Gasteiger partial charge >= 0.3 is 5.97 Å². The molecule has 0 radical (unpaired) electrons. The van der Waals surface area contributed by atoms with Crippen LogP contribution in [0.3, 0.4) is 0 Å². The molecular weight excluding hydrogens is 566 g/mol. The summed E-state index contributed by atoms with van der Waals surface area (Å²) in [5.41, 5.74) is 2.45. The van der Waals surface area contributed by atoms with Gasteiger partial charge in [-0.1, -0.05) is 72.0 Å². The van der Waals surface area contributed by atoms with E-state index >= 15 is 0 Å². The number of nitrogens with zero attached hydrogens (tertiary/aromatic N) is 5. The van der Waals surface area contributed by atoms with Crippen LogP contribution in [0, 0.1) is 11.8 Å². The third-order valence-corrected chi connectivity index (χ3v) is 11.0. The SMILES string of the molecule is C[C@]12C=CCCOC(=O)[C@H]1[C@H]1C(=O)N([C@@H](CO)Cc3ccccc3)C3C(=O)N(Cn4nnc5ccccc54)CC=C[C@@]31S2. The molecule has 1 spiro atoms. The molecule has 7 rings (SSSR count). The molecule has 0 saturated carbocycles. The maximum Gasteiger partial charge on any atom is 0.311 e. The minimum absolute atomic E-state index is 0.138. The molecule has 1 aromatic heterocycles. The van der Waals surface area contributed by atoms with Crippen molar-refractivity contribution < 1.29 is 24.2 Å². The Morgan fingerprint density at radius 1 is 1.02 bits per heavy atom. The average Bonchev–Trinajstić information content (AvgIpc) is 3.57. The molecule has 0 bridgehead atoms. The Bertz CT molecular complexity index is 1640. The summed E-state index contributed by atoms with van der Waals surface area (Å²) in [7, 11) is 0. The van der Waals surface area contributed by atoms with Gasteiger partial charge in [0.2, 0.25) is 11.8 Å². The molecule has 4 aliphatic heterocycles. The summed E-state index contributed by atoms with van der Waals surface area (Å²) in [6.07, 6.45) is 8.86. The molecule has 43 heavy (non-hydrogen) atoms. The van der Waals surface area contributed by atoms with E-state index in [0.717, 1.165) is 16.6 Å². The number of para-hydroxylation sites is 1. The Labute approximate surface area is 253 Å². The lowest BCUT2D eigenvalue weighted by Crippen LogP contribution is -2.57. The van der Waals surface area contributed by atoms with Gasteiger partial charge in [-0.3, -0.25) is 14.4 Å². The Hall–Kier alpha value is -3.96. The molecule has 222 valence electrons. The lowest BCUT2D eigenvalue weighted by atomic mass is 9.74. The number of carbonyl (C=O) groups is 3. The monoisotopic (exact) mass is 599 g/mol. The van der Waals surface area contributed by atoms with Crippen LogP contribution in [0.25, 0.3) is 11.0 Å². The molecule has 1 unspecified atom stereocenters. The normalized spacial score (nSPS) is 30.8. The topological polar surface area (TPSA) is 118 Å². The number of esters is 1. The largest absolute Gasteiger partial charge is 0.465 e. The quantitative estimate of drug-likeness (QED) is 0.340. The van der Waals surface area contributed by atoms with Gasteiger partial charge in [-0.25, -0.2) is 4.68 Å². The van der Waals surface area contributed by atoms with E-state index in [1.165, 1.54) is 11.8 Å². The zero-order valence-electron chi connectivity index (χ0n) is 23.8. The van der Waals surface area contributed by atoms with Crippen LogP contribution in [0.15, 0.2) is 78.9 Å². The van der Waals surface area contributed by atoms with Gasteiger partial charge in [0.1, 0.15) is 18.2 Å². The van der Waals surface area contributed by atoms with Gasteiger partial charge < -0.3 is 19.6 Å². The summed E-state index contributed by atoms with van der Waals surface area (Å²) in [4.78, 5) is 46.3. The number of thioether (sulfide) groups is 1. The number of carbonyl (C=O) groups excluding carboxylic acids is 3. The van der Waals surface area contributed by atoms with Crippen LogP contribution in [0.2, 0.25) is 0 Å². The molecule has 2 aromatic carbocycles. The van der Waals surface area contributed by atoms with Crippen LogP contribution in [0.1, 0.15) is 18.9 Å². The molecule has 0 aliphatic carbocycles. The number of aliphatic hydroxyl groups excluding tert-OH is 1. The molecule has 2 saturated heterocycles. The van der Waals surface area contributed by atoms with E-state index in [1.54, 1.807) is 14.5 Å². The highest BCUT2D eigenvalue weighted by molar-refractivity contribution is 8.02. The van der Waals surface area contributed by atoms with Gasteiger partial charge in [0.25, 0.3) is 0 Å². The fourth-order valence-corrected chi connectivity index (χ4v) is 9.45. The average molecular weight is 600 g/mol. The van der Waals surface area contributed by atoms with Gasteiger partial charge in [0.05, 0.1) is 41.4 Å². The fraction of sp³-hybridized carbons (Fsp3) is 0.406. The Kier molecular flexibility index (Phi) is 6.89. The van der Waals surface area contributed by atoms with Crippen molar-refractivity contribution in [1.82, 2.24) is 24.8 Å². The maximum atomic E-state index is 14.8. The predicted molar refractivity (Wildman–Crippen MR) is 160 cm³/mol. The van der Waals surface area contributed by atoms with Gasteiger partial charge in [-0.05, 0) is 37.5 Å². The van der Waals surface area contributed by atoms with Crippen LogP contribution < -0.4 is 0 Å². The Balaban J connectivity index is 1.33. The first-order chi connectivity index (χ1) is 20.9. The Morgan fingerprint density at radius 2 is 1.81 bits per heavy atom. The van der Waals surface area contributed by atoms with E-state index in [4.69, 9.17) is 4.74 Å². The van der Waals surface area contributed by atoms with Gasteiger partial charge in [-0.2, -0.15) is 0 Å². The van der Waals surface area contributed by atoms with E-state index in [-0.39, 0.29) is 31.7 Å². The lowest BCUT2D eigenvalue weighted by molar-refractivity contribution is -0.154. The molecule has 2 fully saturated rings. The number of aliphatic hydroxyl groups is 1. The number of hydrogen-bond acceptors (Lipinski definition) is 8. The third-order valence-electron chi connectivity index (χ3n) is 9.18.